The monoisotopic (exact) mass is 259 g/mol. The lowest BCUT2D eigenvalue weighted by Crippen LogP contribution is -1.78. The third-order valence-electron chi connectivity index (χ3n) is 0.875. The van der Waals surface area contributed by atoms with E-state index >= 15 is 0 Å². The van der Waals surface area contributed by atoms with E-state index in [9.17, 15) is 0 Å². The van der Waals surface area contributed by atoms with Gasteiger partial charge in [0.2, 0.25) is 0 Å². The average molecular weight is 261 g/mol. The highest BCUT2D eigenvalue weighted by molar-refractivity contribution is 9.10. The van der Waals surface area contributed by atoms with Crippen LogP contribution < -0.4 is 0 Å². The molecule has 0 aromatic carbocycles. The average Bonchev–Trinajstić information content (AvgIpc) is 1.93. The highest BCUT2D eigenvalue weighted by atomic mass is 79.9. The van der Waals surface area contributed by atoms with Crippen LogP contribution in [0, 0.1) is 0 Å². The molecule has 10 heavy (non-hydrogen) atoms. The minimum Gasteiger partial charge on any atom is -0.246 e. The molecular formula is C5HBrCl3N. The molecule has 0 atom stereocenters. The van der Waals surface area contributed by atoms with Gasteiger partial charge >= 0.3 is 0 Å². The second-order valence-corrected chi connectivity index (χ2v) is 3.44. The smallest absolute Gasteiger partial charge is 0.126 e. The van der Waals surface area contributed by atoms with Crippen molar-refractivity contribution in [2.75, 3.05) is 0 Å². The Morgan fingerprint density at radius 1 is 1.20 bits per heavy atom. The van der Waals surface area contributed by atoms with Crippen LogP contribution in [0.15, 0.2) is 10.8 Å². The first-order chi connectivity index (χ1) is 4.63. The number of aromatic nitrogens is 1. The highest BCUT2D eigenvalue weighted by Crippen LogP contribution is 2.33. The van der Waals surface area contributed by atoms with E-state index in [1.54, 1.807) is 0 Å². The van der Waals surface area contributed by atoms with E-state index in [1.165, 1.54) is 6.20 Å². The van der Waals surface area contributed by atoms with Gasteiger partial charge in [0.15, 0.2) is 0 Å². The maximum absolute atomic E-state index is 5.66. The summed E-state index contributed by atoms with van der Waals surface area (Å²) in [5.74, 6) is 0. The molecule has 0 bridgehead atoms. The fourth-order valence-corrected chi connectivity index (χ4v) is 1.32. The van der Waals surface area contributed by atoms with E-state index in [2.05, 4.69) is 20.9 Å². The molecule has 5 heteroatoms. The first-order valence-corrected chi connectivity index (χ1v) is 4.20. The summed E-state index contributed by atoms with van der Waals surface area (Å²) >= 11 is 20.0. The Hall–Kier alpha value is 0.500. The highest BCUT2D eigenvalue weighted by Gasteiger charge is 2.06. The van der Waals surface area contributed by atoms with Crippen LogP contribution in [0.1, 0.15) is 0 Å². The second-order valence-electron chi connectivity index (χ2n) is 1.52. The van der Waals surface area contributed by atoms with Crippen molar-refractivity contribution in [1.82, 2.24) is 4.98 Å². The number of pyridine rings is 1. The molecule has 0 saturated heterocycles. The summed E-state index contributed by atoms with van der Waals surface area (Å²) in [5, 5.41) is 1.02. The summed E-state index contributed by atoms with van der Waals surface area (Å²) in [6.45, 7) is 0. The first kappa shape index (κ1) is 8.60. The van der Waals surface area contributed by atoms with Gasteiger partial charge in [-0.1, -0.05) is 34.8 Å². The van der Waals surface area contributed by atoms with Crippen LogP contribution in [0.2, 0.25) is 15.1 Å². The molecule has 0 spiro atoms. The van der Waals surface area contributed by atoms with Gasteiger partial charge < -0.3 is 0 Å². The molecule has 1 heterocycles. The molecule has 1 nitrogen and oxygen atoms in total. The first-order valence-electron chi connectivity index (χ1n) is 2.28. The molecule has 0 aliphatic carbocycles. The third kappa shape index (κ3) is 1.56. The zero-order valence-corrected chi connectivity index (χ0v) is 8.39. The molecular weight excluding hydrogens is 260 g/mol. The van der Waals surface area contributed by atoms with Gasteiger partial charge in [0.1, 0.15) is 4.60 Å². The standard InChI is InChI=1S/C5HBrCl3N/c6-5-4(9)3(8)2(7)1-10-5/h1H. The lowest BCUT2D eigenvalue weighted by Gasteiger charge is -1.98. The van der Waals surface area contributed by atoms with Crippen molar-refractivity contribution in [2.45, 2.75) is 0 Å². The third-order valence-corrected chi connectivity index (χ3v) is 2.94. The van der Waals surface area contributed by atoms with Crippen molar-refractivity contribution in [3.8, 4) is 0 Å². The van der Waals surface area contributed by atoms with Crippen molar-refractivity contribution in [1.29, 1.82) is 0 Å². The summed E-state index contributed by atoms with van der Waals surface area (Å²) in [5.41, 5.74) is 0. The predicted octanol–water partition coefficient (Wildman–Crippen LogP) is 3.80. The fourth-order valence-electron chi connectivity index (χ4n) is 0.422. The van der Waals surface area contributed by atoms with Crippen LogP contribution in [0.5, 0.6) is 0 Å². The Bertz CT molecular complexity index is 236. The van der Waals surface area contributed by atoms with Crippen molar-refractivity contribution in [3.05, 3.63) is 25.9 Å². The molecule has 1 rings (SSSR count). The molecule has 1 aromatic rings. The zero-order chi connectivity index (χ0) is 7.72. The molecule has 0 aliphatic heterocycles. The minimum absolute atomic E-state index is 0.324. The van der Waals surface area contributed by atoms with Gasteiger partial charge in [-0.15, -0.1) is 0 Å². The lowest BCUT2D eigenvalue weighted by atomic mass is 10.5. The van der Waals surface area contributed by atoms with Gasteiger partial charge in [-0.05, 0) is 15.9 Å². The van der Waals surface area contributed by atoms with Gasteiger partial charge in [-0.2, -0.15) is 0 Å². The van der Waals surface area contributed by atoms with Crippen LogP contribution >= 0.6 is 50.7 Å². The SMILES string of the molecule is Clc1cnc(Br)c(Cl)c1Cl. The summed E-state index contributed by atoms with van der Waals surface area (Å²) < 4.78 is 0.503. The van der Waals surface area contributed by atoms with Crippen molar-refractivity contribution < 1.29 is 0 Å². The fraction of sp³-hybridized carbons (Fsp3) is 0. The molecule has 0 amide bonds. The molecule has 1 aromatic heterocycles. The Morgan fingerprint density at radius 2 is 1.80 bits per heavy atom. The Labute approximate surface area is 81.4 Å². The van der Waals surface area contributed by atoms with Crippen LogP contribution in [0.3, 0.4) is 0 Å². The Kier molecular flexibility index (Phi) is 2.81. The van der Waals surface area contributed by atoms with Gasteiger partial charge in [0, 0.05) is 6.20 Å². The Morgan fingerprint density at radius 3 is 2.30 bits per heavy atom. The molecule has 54 valence electrons. The summed E-state index contributed by atoms with van der Waals surface area (Å²) in [6, 6.07) is 0. The lowest BCUT2D eigenvalue weighted by molar-refractivity contribution is 1.28. The largest absolute Gasteiger partial charge is 0.246 e. The van der Waals surface area contributed by atoms with E-state index in [4.69, 9.17) is 34.8 Å². The number of halogens is 4. The van der Waals surface area contributed by atoms with E-state index in [0.29, 0.717) is 19.7 Å². The van der Waals surface area contributed by atoms with Crippen LogP contribution in [-0.4, -0.2) is 4.98 Å². The summed E-state index contributed by atoms with van der Waals surface area (Å²) in [7, 11) is 0. The number of rotatable bonds is 0. The molecule has 0 N–H and O–H groups in total. The van der Waals surface area contributed by atoms with Crippen LogP contribution in [-0.2, 0) is 0 Å². The normalized spacial score (nSPS) is 10.0. The molecule has 0 radical (unpaired) electrons. The number of hydrogen-bond acceptors (Lipinski definition) is 1. The molecule has 0 saturated carbocycles. The molecule has 0 aliphatic rings. The van der Waals surface area contributed by atoms with Crippen LogP contribution in [0.4, 0.5) is 0 Å². The zero-order valence-electron chi connectivity index (χ0n) is 4.54. The topological polar surface area (TPSA) is 12.9 Å². The maximum atomic E-state index is 5.66. The van der Waals surface area contributed by atoms with E-state index in [1.807, 2.05) is 0 Å². The number of hydrogen-bond donors (Lipinski definition) is 0. The summed E-state index contributed by atoms with van der Waals surface area (Å²) in [4.78, 5) is 3.81. The second kappa shape index (κ2) is 3.26. The van der Waals surface area contributed by atoms with E-state index in [-0.39, 0.29) is 0 Å². The van der Waals surface area contributed by atoms with Gasteiger partial charge in [0.05, 0.1) is 15.1 Å². The Balaban J connectivity index is 3.34. The molecule has 0 fully saturated rings. The minimum atomic E-state index is 0.324. The van der Waals surface area contributed by atoms with Gasteiger partial charge in [-0.3, -0.25) is 0 Å². The van der Waals surface area contributed by atoms with Crippen LogP contribution in [0.25, 0.3) is 0 Å². The van der Waals surface area contributed by atoms with E-state index < -0.39 is 0 Å². The summed E-state index contributed by atoms with van der Waals surface area (Å²) in [6.07, 6.45) is 1.43. The van der Waals surface area contributed by atoms with Crippen molar-refractivity contribution >= 4 is 50.7 Å². The predicted molar refractivity (Wildman–Crippen MR) is 47.0 cm³/mol. The van der Waals surface area contributed by atoms with Gasteiger partial charge in [0.25, 0.3) is 0 Å². The maximum Gasteiger partial charge on any atom is 0.126 e. The number of nitrogens with zero attached hydrogens (tertiary/aromatic N) is 1. The van der Waals surface area contributed by atoms with Crippen molar-refractivity contribution in [3.63, 3.8) is 0 Å². The van der Waals surface area contributed by atoms with Crippen molar-refractivity contribution in [2.24, 2.45) is 0 Å². The quantitative estimate of drug-likeness (QED) is 0.647. The van der Waals surface area contributed by atoms with E-state index in [0.717, 1.165) is 0 Å². The molecule has 0 unspecified atom stereocenters. The van der Waals surface area contributed by atoms with Gasteiger partial charge in [-0.25, -0.2) is 4.98 Å².